The lowest BCUT2D eigenvalue weighted by Crippen LogP contribution is -2.25. The molecule has 0 aliphatic carbocycles. The molecule has 0 aromatic heterocycles. The molecule has 0 saturated carbocycles. The third-order valence-corrected chi connectivity index (χ3v) is 1.58. The molecule has 0 radical (unpaired) electrons. The summed E-state index contributed by atoms with van der Waals surface area (Å²) in [4.78, 5) is 2.37. The molecule has 0 bridgehead atoms. The van der Waals surface area contributed by atoms with Crippen LogP contribution < -0.4 is 0 Å². The second kappa shape index (κ2) is 6.75. The molecule has 60 valence electrons. The Balaban J connectivity index is 3.29. The molecule has 0 aliphatic rings. The van der Waals surface area contributed by atoms with Gasteiger partial charge in [-0.1, -0.05) is 13.8 Å². The molecule has 0 spiro atoms. The molecule has 2 heteroatoms. The van der Waals surface area contributed by atoms with Crippen LogP contribution in [0.5, 0.6) is 0 Å². The Kier molecular flexibility index (Phi) is 6.50. The highest BCUT2D eigenvalue weighted by molar-refractivity contribution is 5.52. The molecule has 0 rings (SSSR count). The molecule has 0 fully saturated rings. The molecular formula is C8H18N2. The Labute approximate surface area is 63.7 Å². The summed E-state index contributed by atoms with van der Waals surface area (Å²) in [7, 11) is 0. The van der Waals surface area contributed by atoms with Crippen LogP contribution in [0.4, 0.5) is 0 Å². The Morgan fingerprint density at radius 1 is 1.30 bits per heavy atom. The van der Waals surface area contributed by atoms with Crippen LogP contribution in [-0.2, 0) is 0 Å². The van der Waals surface area contributed by atoms with Crippen molar-refractivity contribution in [3.8, 4) is 0 Å². The Morgan fingerprint density at radius 3 is 2.40 bits per heavy atom. The molecule has 0 aromatic rings. The fraction of sp³-hybridized carbons (Fsp3) is 0.875. The fourth-order valence-electron chi connectivity index (χ4n) is 0.991. The van der Waals surface area contributed by atoms with E-state index < -0.39 is 0 Å². The van der Waals surface area contributed by atoms with Crippen molar-refractivity contribution >= 4 is 6.21 Å². The molecule has 0 atom stereocenters. The van der Waals surface area contributed by atoms with Crippen molar-refractivity contribution in [1.29, 1.82) is 5.41 Å². The minimum atomic E-state index is 0.897. The van der Waals surface area contributed by atoms with E-state index in [1.165, 1.54) is 19.2 Å². The lowest BCUT2D eigenvalue weighted by atomic mass is 10.3. The average molecular weight is 142 g/mol. The van der Waals surface area contributed by atoms with Crippen molar-refractivity contribution in [2.24, 2.45) is 0 Å². The van der Waals surface area contributed by atoms with Crippen molar-refractivity contribution in [3.05, 3.63) is 0 Å². The van der Waals surface area contributed by atoms with E-state index in [-0.39, 0.29) is 0 Å². The van der Waals surface area contributed by atoms with Gasteiger partial charge in [-0.05, 0) is 32.1 Å². The first kappa shape index (κ1) is 9.63. The number of nitrogens with one attached hydrogen (secondary N) is 1. The maximum absolute atomic E-state index is 6.85. The van der Waals surface area contributed by atoms with Crippen LogP contribution >= 0.6 is 0 Å². The zero-order valence-corrected chi connectivity index (χ0v) is 7.06. The fourth-order valence-corrected chi connectivity index (χ4v) is 0.991. The highest BCUT2D eigenvalue weighted by Gasteiger charge is 1.96. The van der Waals surface area contributed by atoms with Gasteiger partial charge in [-0.15, -0.1) is 0 Å². The number of hydrogen-bond acceptors (Lipinski definition) is 2. The van der Waals surface area contributed by atoms with Crippen LogP contribution in [0.1, 0.15) is 26.7 Å². The molecule has 0 aromatic carbocycles. The SMILES string of the molecule is CCCN(CC)CCC=N. The summed E-state index contributed by atoms with van der Waals surface area (Å²) < 4.78 is 0. The van der Waals surface area contributed by atoms with E-state index in [1.807, 2.05) is 0 Å². The second-order valence-electron chi connectivity index (χ2n) is 2.43. The van der Waals surface area contributed by atoms with Gasteiger partial charge in [0, 0.05) is 6.54 Å². The highest BCUT2D eigenvalue weighted by atomic mass is 15.1. The predicted octanol–water partition coefficient (Wildman–Crippen LogP) is 1.76. The molecule has 2 nitrogen and oxygen atoms in total. The van der Waals surface area contributed by atoms with Crippen LogP contribution in [0.2, 0.25) is 0 Å². The first-order valence-corrected chi connectivity index (χ1v) is 4.06. The minimum absolute atomic E-state index is 0.897. The van der Waals surface area contributed by atoms with Gasteiger partial charge in [0.05, 0.1) is 0 Å². The lowest BCUT2D eigenvalue weighted by Gasteiger charge is -2.17. The largest absolute Gasteiger partial charge is 0.313 e. The molecule has 0 unspecified atom stereocenters. The molecule has 0 heterocycles. The summed E-state index contributed by atoms with van der Waals surface area (Å²) in [6.07, 6.45) is 3.60. The van der Waals surface area contributed by atoms with Crippen LogP contribution in [-0.4, -0.2) is 30.7 Å². The average Bonchev–Trinajstić information content (AvgIpc) is 1.98. The van der Waals surface area contributed by atoms with E-state index >= 15 is 0 Å². The van der Waals surface area contributed by atoms with Gasteiger partial charge >= 0.3 is 0 Å². The summed E-state index contributed by atoms with van der Waals surface area (Å²) >= 11 is 0. The van der Waals surface area contributed by atoms with Crippen LogP contribution in [0.3, 0.4) is 0 Å². The van der Waals surface area contributed by atoms with Gasteiger partial charge < -0.3 is 10.3 Å². The minimum Gasteiger partial charge on any atom is -0.313 e. The van der Waals surface area contributed by atoms with E-state index in [0.717, 1.165) is 19.5 Å². The van der Waals surface area contributed by atoms with Crippen LogP contribution in [0, 0.1) is 5.41 Å². The second-order valence-corrected chi connectivity index (χ2v) is 2.43. The lowest BCUT2D eigenvalue weighted by molar-refractivity contribution is 0.298. The summed E-state index contributed by atoms with van der Waals surface area (Å²) in [5, 5.41) is 6.85. The normalized spacial score (nSPS) is 10.3. The standard InChI is InChI=1S/C8H18N2/c1-3-7-10(4-2)8-5-6-9/h6,9H,3-5,7-8H2,1-2H3. The topological polar surface area (TPSA) is 27.1 Å². The summed E-state index contributed by atoms with van der Waals surface area (Å²) in [5.74, 6) is 0. The Hall–Kier alpha value is -0.370. The third-order valence-electron chi connectivity index (χ3n) is 1.58. The zero-order valence-electron chi connectivity index (χ0n) is 7.06. The van der Waals surface area contributed by atoms with E-state index in [9.17, 15) is 0 Å². The Morgan fingerprint density at radius 2 is 2.00 bits per heavy atom. The predicted molar refractivity (Wildman–Crippen MR) is 45.8 cm³/mol. The van der Waals surface area contributed by atoms with Crippen molar-refractivity contribution in [3.63, 3.8) is 0 Å². The number of rotatable bonds is 6. The monoisotopic (exact) mass is 142 g/mol. The highest BCUT2D eigenvalue weighted by Crippen LogP contribution is 1.91. The van der Waals surface area contributed by atoms with Crippen molar-refractivity contribution in [1.82, 2.24) is 4.90 Å². The smallest absolute Gasteiger partial charge is 0.00305 e. The first-order valence-electron chi connectivity index (χ1n) is 4.06. The zero-order chi connectivity index (χ0) is 7.82. The Bertz CT molecular complexity index is 81.3. The molecule has 10 heavy (non-hydrogen) atoms. The van der Waals surface area contributed by atoms with Crippen molar-refractivity contribution in [2.75, 3.05) is 19.6 Å². The quantitative estimate of drug-likeness (QED) is 0.562. The van der Waals surface area contributed by atoms with E-state index in [0.29, 0.717) is 0 Å². The van der Waals surface area contributed by atoms with Gasteiger partial charge in [0.25, 0.3) is 0 Å². The van der Waals surface area contributed by atoms with Crippen molar-refractivity contribution in [2.45, 2.75) is 26.7 Å². The number of nitrogens with zero attached hydrogens (tertiary/aromatic N) is 1. The third kappa shape index (κ3) is 4.50. The van der Waals surface area contributed by atoms with Crippen LogP contribution in [0.25, 0.3) is 0 Å². The molecular weight excluding hydrogens is 124 g/mol. The van der Waals surface area contributed by atoms with E-state index in [2.05, 4.69) is 18.7 Å². The van der Waals surface area contributed by atoms with Gasteiger partial charge in [0.2, 0.25) is 0 Å². The summed E-state index contributed by atoms with van der Waals surface area (Å²) in [5.41, 5.74) is 0. The number of hydrogen-bond donors (Lipinski definition) is 1. The van der Waals surface area contributed by atoms with E-state index in [1.54, 1.807) is 0 Å². The molecule has 1 N–H and O–H groups in total. The maximum Gasteiger partial charge on any atom is 0.00305 e. The van der Waals surface area contributed by atoms with Gasteiger partial charge in [-0.25, -0.2) is 0 Å². The van der Waals surface area contributed by atoms with E-state index in [4.69, 9.17) is 5.41 Å². The van der Waals surface area contributed by atoms with Crippen LogP contribution in [0.15, 0.2) is 0 Å². The van der Waals surface area contributed by atoms with Gasteiger partial charge in [0.15, 0.2) is 0 Å². The van der Waals surface area contributed by atoms with Gasteiger partial charge in [0.1, 0.15) is 0 Å². The molecule has 0 aliphatic heterocycles. The maximum atomic E-state index is 6.85. The molecule has 0 saturated heterocycles. The first-order chi connectivity index (χ1) is 4.85. The van der Waals surface area contributed by atoms with Gasteiger partial charge in [-0.2, -0.15) is 0 Å². The summed E-state index contributed by atoms with van der Waals surface area (Å²) in [6.45, 7) is 7.69. The van der Waals surface area contributed by atoms with Crippen molar-refractivity contribution < 1.29 is 0 Å². The summed E-state index contributed by atoms with van der Waals surface area (Å²) in [6, 6.07) is 0. The van der Waals surface area contributed by atoms with Gasteiger partial charge in [-0.3, -0.25) is 0 Å². The molecule has 0 amide bonds.